The van der Waals surface area contributed by atoms with Gasteiger partial charge in [0.1, 0.15) is 0 Å². The van der Waals surface area contributed by atoms with Crippen molar-refractivity contribution >= 4 is 34.1 Å². The molecule has 0 unspecified atom stereocenters. The first-order valence-electron chi connectivity index (χ1n) is 3.63. The number of alkyl halides is 1. The zero-order valence-electron chi connectivity index (χ0n) is 6.27. The minimum atomic E-state index is 0.506. The Balaban J connectivity index is 2.67. The fraction of sp³-hybridized carbons (Fsp3) is 0.111. The SMILES string of the molecule is ClCc1cc2cc(Cl)ccc2[nH]1. The average Bonchev–Trinajstić information content (AvgIpc) is 2.46. The molecule has 0 atom stereocenters. The Bertz CT molecular complexity index is 406. The van der Waals surface area contributed by atoms with Crippen LogP contribution < -0.4 is 0 Å². The maximum atomic E-state index is 5.82. The normalized spacial score (nSPS) is 10.8. The molecule has 1 aromatic carbocycles. The molecule has 3 heteroatoms. The van der Waals surface area contributed by atoms with Gasteiger partial charge in [-0.15, -0.1) is 11.6 Å². The van der Waals surface area contributed by atoms with Crippen LogP contribution in [0.2, 0.25) is 5.02 Å². The number of nitrogens with one attached hydrogen (secondary N) is 1. The third kappa shape index (κ3) is 1.30. The highest BCUT2D eigenvalue weighted by molar-refractivity contribution is 6.31. The van der Waals surface area contributed by atoms with Crippen LogP contribution in [0, 0.1) is 0 Å². The topological polar surface area (TPSA) is 15.8 Å². The van der Waals surface area contributed by atoms with Crippen molar-refractivity contribution in [3.05, 3.63) is 35.0 Å². The first-order valence-corrected chi connectivity index (χ1v) is 4.54. The number of aromatic amines is 1. The number of hydrogen-bond donors (Lipinski definition) is 1. The summed E-state index contributed by atoms with van der Waals surface area (Å²) in [6, 6.07) is 7.74. The van der Waals surface area contributed by atoms with E-state index in [0.717, 1.165) is 21.6 Å². The Hall–Kier alpha value is -0.660. The average molecular weight is 200 g/mol. The van der Waals surface area contributed by atoms with Gasteiger partial charge in [-0.05, 0) is 24.3 Å². The summed E-state index contributed by atoms with van der Waals surface area (Å²) in [4.78, 5) is 3.18. The van der Waals surface area contributed by atoms with Gasteiger partial charge in [-0.25, -0.2) is 0 Å². The van der Waals surface area contributed by atoms with Crippen molar-refractivity contribution in [1.82, 2.24) is 4.98 Å². The third-order valence-corrected chi connectivity index (χ3v) is 2.31. The lowest BCUT2D eigenvalue weighted by Crippen LogP contribution is -1.72. The van der Waals surface area contributed by atoms with E-state index in [2.05, 4.69) is 4.98 Å². The van der Waals surface area contributed by atoms with Crippen molar-refractivity contribution in [2.75, 3.05) is 0 Å². The van der Waals surface area contributed by atoms with E-state index in [4.69, 9.17) is 23.2 Å². The number of rotatable bonds is 1. The van der Waals surface area contributed by atoms with Gasteiger partial charge in [0.05, 0.1) is 5.88 Å². The number of fused-ring (bicyclic) bond motifs is 1. The summed E-state index contributed by atoms with van der Waals surface area (Å²) in [6.07, 6.45) is 0. The molecule has 62 valence electrons. The Morgan fingerprint density at radius 1 is 1.25 bits per heavy atom. The molecule has 0 fully saturated rings. The van der Waals surface area contributed by atoms with Crippen LogP contribution in [0.1, 0.15) is 5.69 Å². The smallest absolute Gasteiger partial charge is 0.0625 e. The Morgan fingerprint density at radius 3 is 2.83 bits per heavy atom. The van der Waals surface area contributed by atoms with Crippen LogP contribution >= 0.6 is 23.2 Å². The summed E-state index contributed by atoms with van der Waals surface area (Å²) in [5, 5.41) is 1.86. The van der Waals surface area contributed by atoms with Crippen molar-refractivity contribution in [2.45, 2.75) is 5.88 Å². The number of hydrogen-bond acceptors (Lipinski definition) is 0. The largest absolute Gasteiger partial charge is 0.357 e. The van der Waals surface area contributed by atoms with Crippen molar-refractivity contribution in [1.29, 1.82) is 0 Å². The minimum absolute atomic E-state index is 0.506. The predicted molar refractivity (Wildman–Crippen MR) is 52.9 cm³/mol. The summed E-state index contributed by atoms with van der Waals surface area (Å²) in [6.45, 7) is 0. The Kier molecular flexibility index (Phi) is 1.99. The van der Waals surface area contributed by atoms with Gasteiger partial charge in [-0.1, -0.05) is 11.6 Å². The first-order chi connectivity index (χ1) is 5.79. The fourth-order valence-electron chi connectivity index (χ4n) is 1.24. The van der Waals surface area contributed by atoms with E-state index < -0.39 is 0 Å². The first kappa shape index (κ1) is 7.96. The summed E-state index contributed by atoms with van der Waals surface area (Å²) in [7, 11) is 0. The minimum Gasteiger partial charge on any atom is -0.357 e. The molecule has 0 aliphatic carbocycles. The second-order valence-electron chi connectivity index (χ2n) is 2.66. The molecule has 0 saturated heterocycles. The van der Waals surface area contributed by atoms with Crippen LogP contribution in [0.4, 0.5) is 0 Å². The van der Waals surface area contributed by atoms with Gasteiger partial charge in [0.2, 0.25) is 0 Å². The number of aromatic nitrogens is 1. The van der Waals surface area contributed by atoms with E-state index in [0.29, 0.717) is 5.88 Å². The maximum Gasteiger partial charge on any atom is 0.0625 e. The van der Waals surface area contributed by atoms with Crippen molar-refractivity contribution in [3.8, 4) is 0 Å². The van der Waals surface area contributed by atoms with Crippen LogP contribution in [-0.2, 0) is 5.88 Å². The lowest BCUT2D eigenvalue weighted by atomic mass is 10.2. The lowest BCUT2D eigenvalue weighted by Gasteiger charge is -1.88. The van der Waals surface area contributed by atoms with Gasteiger partial charge in [0, 0.05) is 21.6 Å². The van der Waals surface area contributed by atoms with Crippen LogP contribution in [0.5, 0.6) is 0 Å². The van der Waals surface area contributed by atoms with Crippen LogP contribution in [0.3, 0.4) is 0 Å². The highest BCUT2D eigenvalue weighted by atomic mass is 35.5. The van der Waals surface area contributed by atoms with Crippen LogP contribution in [0.15, 0.2) is 24.3 Å². The Labute approximate surface area is 80.3 Å². The molecule has 0 amide bonds. The van der Waals surface area contributed by atoms with Gasteiger partial charge in [0.15, 0.2) is 0 Å². The van der Waals surface area contributed by atoms with Crippen molar-refractivity contribution in [2.24, 2.45) is 0 Å². The molecule has 1 heterocycles. The second kappa shape index (κ2) is 3.00. The summed E-state index contributed by atoms with van der Waals surface area (Å²) >= 11 is 11.5. The molecule has 12 heavy (non-hydrogen) atoms. The van der Waals surface area contributed by atoms with E-state index in [1.807, 2.05) is 24.3 Å². The molecule has 0 aliphatic rings. The molecule has 1 nitrogen and oxygen atoms in total. The maximum absolute atomic E-state index is 5.82. The molecule has 1 aromatic heterocycles. The van der Waals surface area contributed by atoms with E-state index >= 15 is 0 Å². The molecule has 0 spiro atoms. The van der Waals surface area contributed by atoms with Gasteiger partial charge < -0.3 is 4.98 Å². The number of H-pyrrole nitrogens is 1. The molecule has 0 aliphatic heterocycles. The third-order valence-electron chi connectivity index (χ3n) is 1.78. The van der Waals surface area contributed by atoms with Gasteiger partial charge in [0.25, 0.3) is 0 Å². The molecular weight excluding hydrogens is 193 g/mol. The van der Waals surface area contributed by atoms with Crippen molar-refractivity contribution in [3.63, 3.8) is 0 Å². The predicted octanol–water partition coefficient (Wildman–Crippen LogP) is 3.56. The van der Waals surface area contributed by atoms with Gasteiger partial charge in [-0.3, -0.25) is 0 Å². The molecule has 2 rings (SSSR count). The monoisotopic (exact) mass is 199 g/mol. The molecule has 1 N–H and O–H groups in total. The summed E-state index contributed by atoms with van der Waals surface area (Å²) in [5.74, 6) is 0.506. The van der Waals surface area contributed by atoms with E-state index in [1.54, 1.807) is 0 Å². The quantitative estimate of drug-likeness (QED) is 0.677. The zero-order chi connectivity index (χ0) is 8.55. The summed E-state index contributed by atoms with van der Waals surface area (Å²) < 4.78 is 0. The van der Waals surface area contributed by atoms with Gasteiger partial charge in [-0.2, -0.15) is 0 Å². The number of benzene rings is 1. The molecule has 0 bridgehead atoms. The van der Waals surface area contributed by atoms with Crippen LogP contribution in [-0.4, -0.2) is 4.98 Å². The van der Waals surface area contributed by atoms with E-state index in [9.17, 15) is 0 Å². The van der Waals surface area contributed by atoms with E-state index in [-0.39, 0.29) is 0 Å². The fourth-order valence-corrected chi connectivity index (χ4v) is 1.56. The standard InChI is InChI=1S/C9H7Cl2N/c10-5-8-4-6-3-7(11)1-2-9(6)12-8/h1-4,12H,5H2. The van der Waals surface area contributed by atoms with Crippen molar-refractivity contribution < 1.29 is 0 Å². The molecule has 0 radical (unpaired) electrons. The lowest BCUT2D eigenvalue weighted by molar-refractivity contribution is 1.26. The second-order valence-corrected chi connectivity index (χ2v) is 3.36. The number of halogens is 2. The zero-order valence-corrected chi connectivity index (χ0v) is 7.78. The van der Waals surface area contributed by atoms with E-state index in [1.165, 1.54) is 0 Å². The molecule has 0 saturated carbocycles. The van der Waals surface area contributed by atoms with Crippen LogP contribution in [0.25, 0.3) is 10.9 Å². The molecular formula is C9H7Cl2N. The van der Waals surface area contributed by atoms with Gasteiger partial charge >= 0.3 is 0 Å². The highest BCUT2D eigenvalue weighted by Crippen LogP contribution is 2.20. The molecule has 2 aromatic rings. The highest BCUT2D eigenvalue weighted by Gasteiger charge is 1.99. The Morgan fingerprint density at radius 2 is 2.08 bits per heavy atom. The summed E-state index contributed by atoms with van der Waals surface area (Å²) in [5.41, 5.74) is 2.10.